The topological polar surface area (TPSA) is 76.2 Å². The molecule has 0 aromatic heterocycles. The van der Waals surface area contributed by atoms with Crippen LogP contribution in [0.4, 0.5) is 4.79 Å². The predicted octanol–water partition coefficient (Wildman–Crippen LogP) is 4.97. The Kier molecular flexibility index (Phi) is 8.15. The van der Waals surface area contributed by atoms with Crippen LogP contribution in [-0.4, -0.2) is 53.6 Å². The van der Waals surface area contributed by atoms with Crippen molar-refractivity contribution in [2.24, 2.45) is 0 Å². The van der Waals surface area contributed by atoms with Crippen LogP contribution in [-0.2, 0) is 22.6 Å². The van der Waals surface area contributed by atoms with E-state index >= 15 is 0 Å². The van der Waals surface area contributed by atoms with Crippen molar-refractivity contribution < 1.29 is 23.9 Å². The Labute approximate surface area is 215 Å². The van der Waals surface area contributed by atoms with Gasteiger partial charge in [-0.05, 0) is 67.3 Å². The van der Waals surface area contributed by atoms with Gasteiger partial charge in [0.2, 0.25) is 5.91 Å². The first-order valence-corrected chi connectivity index (χ1v) is 12.7. The maximum absolute atomic E-state index is 13.0. The smallest absolute Gasteiger partial charge is 0.294 e. The first-order chi connectivity index (χ1) is 17.4. The van der Waals surface area contributed by atoms with Crippen LogP contribution in [0.1, 0.15) is 35.1 Å². The monoisotopic (exact) mass is 506 g/mol. The minimum atomic E-state index is -0.457. The number of imide groups is 1. The quantitative estimate of drug-likeness (QED) is 0.353. The summed E-state index contributed by atoms with van der Waals surface area (Å²) in [5, 5.41) is -0.435. The van der Waals surface area contributed by atoms with Gasteiger partial charge in [0.25, 0.3) is 11.1 Å². The Bertz CT molecular complexity index is 1200. The number of nitrogens with zero attached hydrogens (tertiary/aromatic N) is 2. The number of carbonyl (C=O) groups is 3. The SMILES string of the molecule is C=CCc1cc(/C=C2/SC(=O)N(CC(=O)N3CCCC3)C2=O)cc(OC)c1OCc1ccc(C)cc1. The Hall–Kier alpha value is -3.52. The third kappa shape index (κ3) is 5.82. The third-order valence-electron chi connectivity index (χ3n) is 6.17. The maximum Gasteiger partial charge on any atom is 0.294 e. The number of hydrogen-bond donors (Lipinski definition) is 0. The van der Waals surface area contributed by atoms with E-state index in [1.54, 1.807) is 30.2 Å². The molecule has 0 atom stereocenters. The molecule has 2 saturated heterocycles. The highest BCUT2D eigenvalue weighted by atomic mass is 32.2. The van der Waals surface area contributed by atoms with E-state index < -0.39 is 11.1 Å². The van der Waals surface area contributed by atoms with E-state index in [9.17, 15) is 14.4 Å². The van der Waals surface area contributed by atoms with Gasteiger partial charge >= 0.3 is 0 Å². The average Bonchev–Trinajstić information content (AvgIpc) is 3.49. The molecule has 4 rings (SSSR count). The molecule has 2 aliphatic heterocycles. The second kappa shape index (κ2) is 11.5. The number of carbonyl (C=O) groups excluding carboxylic acids is 3. The minimum Gasteiger partial charge on any atom is -0.493 e. The second-order valence-corrected chi connectivity index (χ2v) is 9.83. The molecule has 0 bridgehead atoms. The highest BCUT2D eigenvalue weighted by Gasteiger charge is 2.37. The summed E-state index contributed by atoms with van der Waals surface area (Å²) in [6.07, 6.45) is 5.87. The van der Waals surface area contributed by atoms with Crippen LogP contribution in [0.25, 0.3) is 6.08 Å². The zero-order valence-corrected chi connectivity index (χ0v) is 21.4. The lowest BCUT2D eigenvalue weighted by Crippen LogP contribution is -2.40. The number of benzene rings is 2. The standard InChI is InChI=1S/C28H30N2O5S/c1-4-7-22-14-21(15-23(34-3)26(22)35-18-20-10-8-19(2)9-11-20)16-24-27(32)30(28(33)36-24)17-25(31)29-12-5-6-13-29/h4,8-11,14-16H,1,5-7,12-13,17-18H2,2-3H3/b24-16+. The number of allylic oxidation sites excluding steroid dienone is 1. The number of rotatable bonds is 9. The van der Waals surface area contributed by atoms with E-state index in [1.807, 2.05) is 37.3 Å². The molecule has 7 nitrogen and oxygen atoms in total. The first-order valence-electron chi connectivity index (χ1n) is 11.9. The van der Waals surface area contributed by atoms with Crippen LogP contribution in [0, 0.1) is 6.92 Å². The summed E-state index contributed by atoms with van der Waals surface area (Å²) in [6, 6.07) is 11.8. The van der Waals surface area contributed by atoms with Gasteiger partial charge in [-0.25, -0.2) is 0 Å². The van der Waals surface area contributed by atoms with E-state index in [4.69, 9.17) is 9.47 Å². The fourth-order valence-corrected chi connectivity index (χ4v) is 5.06. The van der Waals surface area contributed by atoms with Gasteiger partial charge in [0.1, 0.15) is 13.2 Å². The highest BCUT2D eigenvalue weighted by molar-refractivity contribution is 8.18. The predicted molar refractivity (Wildman–Crippen MR) is 141 cm³/mol. The van der Waals surface area contributed by atoms with Gasteiger partial charge in [0, 0.05) is 18.7 Å². The van der Waals surface area contributed by atoms with Crippen LogP contribution >= 0.6 is 11.8 Å². The first kappa shape index (κ1) is 25.6. The molecule has 0 unspecified atom stereocenters. The van der Waals surface area contributed by atoms with Crippen LogP contribution < -0.4 is 9.47 Å². The fraction of sp³-hybridized carbons (Fsp3) is 0.321. The Morgan fingerprint density at radius 1 is 1.14 bits per heavy atom. The van der Waals surface area contributed by atoms with E-state index in [1.165, 1.54) is 5.56 Å². The maximum atomic E-state index is 13.0. The minimum absolute atomic E-state index is 0.193. The molecule has 8 heteroatoms. The summed E-state index contributed by atoms with van der Waals surface area (Å²) in [4.78, 5) is 41.0. The Morgan fingerprint density at radius 2 is 1.86 bits per heavy atom. The molecule has 188 valence electrons. The van der Waals surface area contributed by atoms with E-state index in [2.05, 4.69) is 6.58 Å². The lowest BCUT2D eigenvalue weighted by molar-refractivity contribution is -0.135. The molecule has 0 saturated carbocycles. The largest absolute Gasteiger partial charge is 0.493 e. The number of amides is 3. The van der Waals surface area contributed by atoms with Gasteiger partial charge in [-0.1, -0.05) is 35.9 Å². The molecule has 36 heavy (non-hydrogen) atoms. The van der Waals surface area contributed by atoms with Crippen LogP contribution in [0.2, 0.25) is 0 Å². The van der Waals surface area contributed by atoms with Crippen LogP contribution in [0.5, 0.6) is 11.5 Å². The summed E-state index contributed by atoms with van der Waals surface area (Å²) in [6.45, 7) is 7.39. The van der Waals surface area contributed by atoms with Gasteiger partial charge < -0.3 is 14.4 Å². The normalized spacial score (nSPS) is 16.7. The lowest BCUT2D eigenvalue weighted by atomic mass is 10.0. The van der Waals surface area contributed by atoms with Gasteiger partial charge in [-0.3, -0.25) is 19.3 Å². The van der Waals surface area contributed by atoms with Crippen molar-refractivity contribution in [1.29, 1.82) is 0 Å². The summed E-state index contributed by atoms with van der Waals surface area (Å²) in [5.74, 6) is 0.484. The number of methoxy groups -OCH3 is 1. The zero-order chi connectivity index (χ0) is 25.7. The Balaban J connectivity index is 1.55. The molecule has 0 aliphatic carbocycles. The summed E-state index contributed by atoms with van der Waals surface area (Å²) >= 11 is 0.842. The molecule has 0 spiro atoms. The van der Waals surface area contributed by atoms with E-state index in [0.29, 0.717) is 43.2 Å². The number of aryl methyl sites for hydroxylation is 1. The lowest BCUT2D eigenvalue weighted by Gasteiger charge is -2.18. The molecule has 2 aromatic rings. The number of ether oxygens (including phenoxy) is 2. The second-order valence-electron chi connectivity index (χ2n) is 8.83. The molecule has 2 aliphatic rings. The molecule has 0 N–H and O–H groups in total. The van der Waals surface area contributed by atoms with Crippen molar-refractivity contribution in [3.05, 3.63) is 76.2 Å². The number of likely N-dealkylation sites (tertiary alicyclic amines) is 1. The van der Waals surface area contributed by atoms with Gasteiger partial charge in [0.15, 0.2) is 11.5 Å². The number of thioether (sulfide) groups is 1. The Morgan fingerprint density at radius 3 is 2.53 bits per heavy atom. The third-order valence-corrected chi connectivity index (χ3v) is 7.07. The molecular formula is C28H30N2O5S. The van der Waals surface area contributed by atoms with Crippen molar-refractivity contribution in [3.8, 4) is 11.5 Å². The zero-order valence-electron chi connectivity index (χ0n) is 20.6. The molecule has 2 aromatic carbocycles. The van der Waals surface area contributed by atoms with Crippen LogP contribution in [0.15, 0.2) is 54.0 Å². The summed E-state index contributed by atoms with van der Waals surface area (Å²) in [5.41, 5.74) is 3.76. The molecule has 0 radical (unpaired) electrons. The molecule has 2 fully saturated rings. The van der Waals surface area contributed by atoms with Gasteiger partial charge in [-0.2, -0.15) is 0 Å². The van der Waals surface area contributed by atoms with E-state index in [-0.39, 0.29) is 17.4 Å². The molecule has 2 heterocycles. The highest BCUT2D eigenvalue weighted by Crippen LogP contribution is 2.37. The van der Waals surface area contributed by atoms with Crippen molar-refractivity contribution in [1.82, 2.24) is 9.80 Å². The van der Waals surface area contributed by atoms with Gasteiger partial charge in [-0.15, -0.1) is 6.58 Å². The van der Waals surface area contributed by atoms with Crippen molar-refractivity contribution in [2.45, 2.75) is 32.8 Å². The number of hydrogen-bond acceptors (Lipinski definition) is 6. The molecule has 3 amide bonds. The van der Waals surface area contributed by atoms with Crippen molar-refractivity contribution in [3.63, 3.8) is 0 Å². The fourth-order valence-electron chi connectivity index (χ4n) is 4.22. The average molecular weight is 507 g/mol. The molecular weight excluding hydrogens is 476 g/mol. The van der Waals surface area contributed by atoms with Crippen molar-refractivity contribution in [2.75, 3.05) is 26.7 Å². The van der Waals surface area contributed by atoms with E-state index in [0.717, 1.165) is 40.6 Å². The summed E-state index contributed by atoms with van der Waals surface area (Å²) in [7, 11) is 1.56. The summed E-state index contributed by atoms with van der Waals surface area (Å²) < 4.78 is 11.8. The van der Waals surface area contributed by atoms with Crippen molar-refractivity contribution >= 4 is 34.9 Å². The van der Waals surface area contributed by atoms with Crippen LogP contribution in [0.3, 0.4) is 0 Å². The van der Waals surface area contributed by atoms with Gasteiger partial charge in [0.05, 0.1) is 12.0 Å².